The van der Waals surface area contributed by atoms with E-state index in [2.05, 4.69) is 6.58 Å². The van der Waals surface area contributed by atoms with Gasteiger partial charge >= 0.3 is 5.97 Å². The maximum absolute atomic E-state index is 11.5. The minimum atomic E-state index is -0.188. The van der Waals surface area contributed by atoms with Gasteiger partial charge in [0.2, 0.25) is 0 Å². The van der Waals surface area contributed by atoms with Gasteiger partial charge in [-0.15, -0.1) is 0 Å². The molecule has 5 atom stereocenters. The van der Waals surface area contributed by atoms with Crippen LogP contribution in [0, 0.1) is 23.7 Å². The molecule has 2 nitrogen and oxygen atoms in total. The lowest BCUT2D eigenvalue weighted by atomic mass is 9.80. The maximum Gasteiger partial charge on any atom is 0.333 e. The van der Waals surface area contributed by atoms with Gasteiger partial charge in [-0.05, 0) is 56.3 Å². The molecule has 0 radical (unpaired) electrons. The van der Waals surface area contributed by atoms with E-state index in [-0.39, 0.29) is 12.1 Å². The summed E-state index contributed by atoms with van der Waals surface area (Å²) in [7, 11) is 0. The second kappa shape index (κ2) is 3.61. The van der Waals surface area contributed by atoms with E-state index in [0.29, 0.717) is 11.5 Å². The monoisotopic (exact) mass is 220 g/mol. The number of esters is 1. The van der Waals surface area contributed by atoms with Crippen LogP contribution in [0.15, 0.2) is 12.2 Å². The van der Waals surface area contributed by atoms with E-state index in [1.165, 1.54) is 25.7 Å². The second-order valence-corrected chi connectivity index (χ2v) is 5.88. The molecule has 3 fully saturated rings. The minimum absolute atomic E-state index is 0.188. The van der Waals surface area contributed by atoms with Crippen LogP contribution in [0.2, 0.25) is 0 Å². The van der Waals surface area contributed by atoms with E-state index < -0.39 is 0 Å². The van der Waals surface area contributed by atoms with Gasteiger partial charge in [0.25, 0.3) is 0 Å². The van der Waals surface area contributed by atoms with E-state index in [1.54, 1.807) is 6.92 Å². The third-order valence-electron chi connectivity index (χ3n) is 4.97. The molecule has 88 valence electrons. The lowest BCUT2D eigenvalue weighted by Crippen LogP contribution is -2.32. The van der Waals surface area contributed by atoms with Gasteiger partial charge in [-0.2, -0.15) is 0 Å². The molecule has 3 rings (SSSR count). The van der Waals surface area contributed by atoms with Crippen molar-refractivity contribution in [2.45, 2.75) is 45.1 Å². The summed E-state index contributed by atoms with van der Waals surface area (Å²) in [6.07, 6.45) is 6.81. The van der Waals surface area contributed by atoms with Crippen molar-refractivity contribution >= 4 is 5.97 Å². The standard InChI is InChI=1S/C14H20O2/c1-8(2)14(15)16-13-7-9-6-12(13)11-5-3-4-10(9)11/h9-13H,1,3-7H2,2H3/t9-,10-,11+,12+,13-/m1/s1. The molecule has 0 aromatic rings. The Hall–Kier alpha value is -0.790. The van der Waals surface area contributed by atoms with Crippen molar-refractivity contribution in [1.82, 2.24) is 0 Å². The molecule has 0 unspecified atom stereocenters. The fraction of sp³-hybridized carbons (Fsp3) is 0.786. The zero-order valence-corrected chi connectivity index (χ0v) is 9.95. The Morgan fingerprint density at radius 1 is 1.19 bits per heavy atom. The summed E-state index contributed by atoms with van der Waals surface area (Å²) in [6.45, 7) is 5.38. The van der Waals surface area contributed by atoms with Crippen LogP contribution < -0.4 is 0 Å². The molecule has 0 aromatic heterocycles. The fourth-order valence-electron chi connectivity index (χ4n) is 4.38. The SMILES string of the molecule is C=C(C)C(=O)O[C@@H]1C[C@H]2C[C@H]1[C@H]1CCC[C@H]21. The number of ether oxygens (including phenoxy) is 1. The first-order valence-electron chi connectivity index (χ1n) is 6.53. The van der Waals surface area contributed by atoms with Gasteiger partial charge in [-0.25, -0.2) is 4.79 Å². The molecule has 0 aromatic carbocycles. The Labute approximate surface area is 97.1 Å². The summed E-state index contributed by atoms with van der Waals surface area (Å²) in [5, 5.41) is 0. The Kier molecular flexibility index (Phi) is 2.34. The van der Waals surface area contributed by atoms with Gasteiger partial charge in [0.1, 0.15) is 6.10 Å². The molecule has 0 amide bonds. The Morgan fingerprint density at radius 3 is 2.69 bits per heavy atom. The van der Waals surface area contributed by atoms with E-state index in [4.69, 9.17) is 4.74 Å². The first kappa shape index (κ1) is 10.4. The smallest absolute Gasteiger partial charge is 0.333 e. The highest BCUT2D eigenvalue weighted by atomic mass is 16.5. The predicted octanol–water partition coefficient (Wildman–Crippen LogP) is 2.93. The van der Waals surface area contributed by atoms with E-state index in [0.717, 1.165) is 24.2 Å². The summed E-state index contributed by atoms with van der Waals surface area (Å²) in [6, 6.07) is 0. The van der Waals surface area contributed by atoms with E-state index >= 15 is 0 Å². The van der Waals surface area contributed by atoms with Crippen LogP contribution in [0.3, 0.4) is 0 Å². The van der Waals surface area contributed by atoms with Crippen LogP contribution >= 0.6 is 0 Å². The number of rotatable bonds is 2. The van der Waals surface area contributed by atoms with Gasteiger partial charge in [0.05, 0.1) is 0 Å². The summed E-state index contributed by atoms with van der Waals surface area (Å²) in [4.78, 5) is 11.5. The van der Waals surface area contributed by atoms with E-state index in [1.807, 2.05) is 0 Å². The van der Waals surface area contributed by atoms with Gasteiger partial charge in [0, 0.05) is 5.57 Å². The molecule has 3 saturated carbocycles. The molecular formula is C14H20O2. The van der Waals surface area contributed by atoms with Crippen LogP contribution in [0.4, 0.5) is 0 Å². The van der Waals surface area contributed by atoms with Gasteiger partial charge in [-0.1, -0.05) is 13.0 Å². The predicted molar refractivity (Wildman–Crippen MR) is 61.7 cm³/mol. The molecule has 0 saturated heterocycles. The highest BCUT2D eigenvalue weighted by Crippen LogP contribution is 2.59. The Morgan fingerprint density at radius 2 is 1.94 bits per heavy atom. The third kappa shape index (κ3) is 1.42. The van der Waals surface area contributed by atoms with Crippen LogP contribution in [-0.2, 0) is 9.53 Å². The highest BCUT2D eigenvalue weighted by molar-refractivity contribution is 5.87. The topological polar surface area (TPSA) is 26.3 Å². The average molecular weight is 220 g/mol. The quantitative estimate of drug-likeness (QED) is 0.528. The Bertz CT molecular complexity index is 334. The van der Waals surface area contributed by atoms with Gasteiger partial charge in [0.15, 0.2) is 0 Å². The largest absolute Gasteiger partial charge is 0.459 e. The second-order valence-electron chi connectivity index (χ2n) is 5.88. The van der Waals surface area contributed by atoms with Crippen LogP contribution in [-0.4, -0.2) is 12.1 Å². The molecule has 3 aliphatic carbocycles. The first-order chi connectivity index (χ1) is 7.66. The van der Waals surface area contributed by atoms with Crippen molar-refractivity contribution in [3.8, 4) is 0 Å². The van der Waals surface area contributed by atoms with Gasteiger partial charge < -0.3 is 4.74 Å². The third-order valence-corrected chi connectivity index (χ3v) is 4.97. The van der Waals surface area contributed by atoms with Crippen molar-refractivity contribution in [1.29, 1.82) is 0 Å². The molecular weight excluding hydrogens is 200 g/mol. The zero-order chi connectivity index (χ0) is 11.3. The highest BCUT2D eigenvalue weighted by Gasteiger charge is 2.55. The number of hydrogen-bond acceptors (Lipinski definition) is 2. The molecule has 3 aliphatic rings. The lowest BCUT2D eigenvalue weighted by Gasteiger charge is -2.31. The fourth-order valence-corrected chi connectivity index (χ4v) is 4.38. The lowest BCUT2D eigenvalue weighted by molar-refractivity contribution is -0.148. The Balaban J connectivity index is 1.68. The number of carbonyl (C=O) groups excluding carboxylic acids is 1. The summed E-state index contributed by atoms with van der Waals surface area (Å²) in [5.74, 6) is 3.15. The number of fused-ring (bicyclic) bond motifs is 5. The number of carbonyl (C=O) groups is 1. The van der Waals surface area contributed by atoms with Crippen molar-refractivity contribution in [2.75, 3.05) is 0 Å². The van der Waals surface area contributed by atoms with Crippen molar-refractivity contribution in [3.63, 3.8) is 0 Å². The molecule has 0 heterocycles. The van der Waals surface area contributed by atoms with Crippen LogP contribution in [0.25, 0.3) is 0 Å². The van der Waals surface area contributed by atoms with Gasteiger partial charge in [-0.3, -0.25) is 0 Å². The average Bonchev–Trinajstić information content (AvgIpc) is 2.87. The molecule has 16 heavy (non-hydrogen) atoms. The summed E-state index contributed by atoms with van der Waals surface area (Å²) < 4.78 is 5.58. The van der Waals surface area contributed by atoms with Crippen LogP contribution in [0.1, 0.15) is 39.0 Å². The van der Waals surface area contributed by atoms with E-state index in [9.17, 15) is 4.79 Å². The minimum Gasteiger partial charge on any atom is -0.459 e. The molecule has 2 heteroatoms. The van der Waals surface area contributed by atoms with Crippen LogP contribution in [0.5, 0.6) is 0 Å². The maximum atomic E-state index is 11.5. The molecule has 2 bridgehead atoms. The number of hydrogen-bond donors (Lipinski definition) is 0. The first-order valence-corrected chi connectivity index (χ1v) is 6.53. The zero-order valence-electron chi connectivity index (χ0n) is 9.95. The summed E-state index contributed by atoms with van der Waals surface area (Å²) >= 11 is 0. The van der Waals surface area contributed by atoms with Crippen molar-refractivity contribution in [2.24, 2.45) is 23.7 Å². The van der Waals surface area contributed by atoms with Crippen molar-refractivity contribution < 1.29 is 9.53 Å². The molecule has 0 N–H and O–H groups in total. The molecule has 0 aliphatic heterocycles. The normalized spacial score (nSPS) is 44.4. The van der Waals surface area contributed by atoms with Crippen molar-refractivity contribution in [3.05, 3.63) is 12.2 Å². The summed E-state index contributed by atoms with van der Waals surface area (Å²) in [5.41, 5.74) is 0.533. The molecule has 0 spiro atoms.